The van der Waals surface area contributed by atoms with Gasteiger partial charge in [-0.2, -0.15) is 0 Å². The van der Waals surface area contributed by atoms with Crippen LogP contribution in [0.3, 0.4) is 0 Å². The summed E-state index contributed by atoms with van der Waals surface area (Å²) < 4.78 is 0. The molecule has 0 saturated heterocycles. The fourth-order valence-corrected chi connectivity index (χ4v) is 2.11. The molecule has 1 aliphatic rings. The Hall–Kier alpha value is -1.78. The summed E-state index contributed by atoms with van der Waals surface area (Å²) in [5, 5.41) is 6.46. The van der Waals surface area contributed by atoms with Gasteiger partial charge in [0.1, 0.15) is 5.82 Å². The van der Waals surface area contributed by atoms with E-state index in [0.717, 1.165) is 44.2 Å². The van der Waals surface area contributed by atoms with Crippen LogP contribution in [0.15, 0.2) is 29.4 Å². The highest BCUT2D eigenvalue weighted by Gasteiger charge is 2.16. The van der Waals surface area contributed by atoms with Gasteiger partial charge < -0.3 is 16.4 Å². The van der Waals surface area contributed by atoms with Gasteiger partial charge in [0.05, 0.1) is 0 Å². The number of unbranched alkanes of at least 4 members (excludes halogenated alkanes) is 1. The summed E-state index contributed by atoms with van der Waals surface area (Å²) in [4.78, 5) is 8.58. The van der Waals surface area contributed by atoms with E-state index in [1.807, 2.05) is 18.2 Å². The highest BCUT2D eigenvalue weighted by Crippen LogP contribution is 2.26. The molecule has 0 amide bonds. The molecule has 2 rings (SSSR count). The van der Waals surface area contributed by atoms with Crippen molar-refractivity contribution in [3.05, 3.63) is 24.4 Å². The molecule has 1 fully saturated rings. The van der Waals surface area contributed by atoms with Gasteiger partial charge in [0.2, 0.25) is 0 Å². The van der Waals surface area contributed by atoms with Gasteiger partial charge in [-0.3, -0.25) is 4.99 Å². The van der Waals surface area contributed by atoms with Crippen molar-refractivity contribution < 1.29 is 0 Å². The van der Waals surface area contributed by atoms with Crippen LogP contribution in [0.5, 0.6) is 0 Å². The normalized spacial score (nSPS) is 15.7. The zero-order chi connectivity index (χ0) is 14.0. The molecule has 0 atom stereocenters. The first-order chi connectivity index (χ1) is 9.84. The molecule has 0 spiro atoms. The molecule has 4 N–H and O–H groups in total. The third kappa shape index (κ3) is 5.47. The van der Waals surface area contributed by atoms with Crippen LogP contribution >= 0.6 is 0 Å². The molecule has 0 aromatic carbocycles. The van der Waals surface area contributed by atoms with Crippen LogP contribution in [-0.4, -0.2) is 30.6 Å². The number of rotatable bonds is 8. The van der Waals surface area contributed by atoms with E-state index in [4.69, 9.17) is 5.73 Å². The SMILES string of the molecule is NC(=NCC1CCC1)NCCCCNc1ccccn1. The molecule has 1 aliphatic carbocycles. The second-order valence-corrected chi connectivity index (χ2v) is 5.30. The van der Waals surface area contributed by atoms with Gasteiger partial charge in [-0.25, -0.2) is 4.98 Å². The molecule has 1 aromatic rings. The first kappa shape index (κ1) is 14.6. The molecule has 1 heterocycles. The zero-order valence-corrected chi connectivity index (χ0v) is 12.0. The van der Waals surface area contributed by atoms with Gasteiger partial charge in [-0.05, 0) is 43.7 Å². The Labute approximate surface area is 121 Å². The van der Waals surface area contributed by atoms with Gasteiger partial charge in [-0.15, -0.1) is 0 Å². The van der Waals surface area contributed by atoms with Crippen LogP contribution in [0.2, 0.25) is 0 Å². The summed E-state index contributed by atoms with van der Waals surface area (Å²) in [6.45, 7) is 2.70. The molecule has 1 saturated carbocycles. The van der Waals surface area contributed by atoms with Crippen LogP contribution in [-0.2, 0) is 0 Å². The number of anilines is 1. The lowest BCUT2D eigenvalue weighted by Crippen LogP contribution is -2.33. The molecule has 0 radical (unpaired) electrons. The maximum Gasteiger partial charge on any atom is 0.188 e. The lowest BCUT2D eigenvalue weighted by atomic mass is 9.86. The summed E-state index contributed by atoms with van der Waals surface area (Å²) in [5.74, 6) is 2.30. The molecule has 1 aromatic heterocycles. The number of pyridine rings is 1. The number of hydrogen-bond donors (Lipinski definition) is 3. The number of nitrogens with two attached hydrogens (primary N) is 1. The van der Waals surface area contributed by atoms with Crippen molar-refractivity contribution in [1.82, 2.24) is 10.3 Å². The first-order valence-electron chi connectivity index (χ1n) is 7.53. The Bertz CT molecular complexity index is 400. The van der Waals surface area contributed by atoms with Crippen molar-refractivity contribution in [2.75, 3.05) is 25.0 Å². The number of aromatic nitrogens is 1. The number of nitrogens with zero attached hydrogens (tertiary/aromatic N) is 2. The van der Waals surface area contributed by atoms with Gasteiger partial charge in [-0.1, -0.05) is 12.5 Å². The van der Waals surface area contributed by atoms with Gasteiger partial charge >= 0.3 is 0 Å². The molecular weight excluding hydrogens is 250 g/mol. The predicted molar refractivity (Wildman–Crippen MR) is 83.8 cm³/mol. The van der Waals surface area contributed by atoms with E-state index >= 15 is 0 Å². The van der Waals surface area contributed by atoms with E-state index < -0.39 is 0 Å². The third-order valence-electron chi connectivity index (χ3n) is 3.63. The second kappa shape index (κ2) is 8.40. The lowest BCUT2D eigenvalue weighted by molar-refractivity contribution is 0.326. The number of aliphatic imine (C=N–C) groups is 1. The van der Waals surface area contributed by atoms with Gasteiger partial charge in [0.25, 0.3) is 0 Å². The van der Waals surface area contributed by atoms with E-state index in [-0.39, 0.29) is 0 Å². The smallest absolute Gasteiger partial charge is 0.188 e. The maximum atomic E-state index is 5.82. The summed E-state index contributed by atoms with van der Waals surface area (Å²) >= 11 is 0. The van der Waals surface area contributed by atoms with E-state index in [9.17, 15) is 0 Å². The van der Waals surface area contributed by atoms with Gasteiger partial charge in [0, 0.05) is 25.8 Å². The van der Waals surface area contributed by atoms with Crippen molar-refractivity contribution in [1.29, 1.82) is 0 Å². The van der Waals surface area contributed by atoms with Crippen molar-refractivity contribution in [2.45, 2.75) is 32.1 Å². The van der Waals surface area contributed by atoms with Crippen LogP contribution in [0, 0.1) is 5.92 Å². The molecule has 0 bridgehead atoms. The Morgan fingerprint density at radius 3 is 2.85 bits per heavy atom. The molecule has 20 heavy (non-hydrogen) atoms. The van der Waals surface area contributed by atoms with Crippen LogP contribution < -0.4 is 16.4 Å². The minimum Gasteiger partial charge on any atom is -0.370 e. The molecule has 110 valence electrons. The number of hydrogen-bond acceptors (Lipinski definition) is 3. The van der Waals surface area contributed by atoms with E-state index in [2.05, 4.69) is 20.6 Å². The van der Waals surface area contributed by atoms with Crippen LogP contribution in [0.4, 0.5) is 5.82 Å². The summed E-state index contributed by atoms with van der Waals surface area (Å²) in [6.07, 6.45) is 7.94. The minimum atomic E-state index is 0.592. The van der Waals surface area contributed by atoms with Crippen LogP contribution in [0.1, 0.15) is 32.1 Å². The highest BCUT2D eigenvalue weighted by atomic mass is 15.1. The summed E-state index contributed by atoms with van der Waals surface area (Å²) in [7, 11) is 0. The first-order valence-corrected chi connectivity index (χ1v) is 7.53. The van der Waals surface area contributed by atoms with Crippen molar-refractivity contribution >= 4 is 11.8 Å². The predicted octanol–water partition coefficient (Wildman–Crippen LogP) is 1.98. The van der Waals surface area contributed by atoms with Crippen LogP contribution in [0.25, 0.3) is 0 Å². The topological polar surface area (TPSA) is 75.3 Å². The zero-order valence-electron chi connectivity index (χ0n) is 12.0. The minimum absolute atomic E-state index is 0.592. The molecule has 0 aliphatic heterocycles. The average molecular weight is 275 g/mol. The molecular formula is C15H25N5. The molecule has 0 unspecified atom stereocenters. The van der Waals surface area contributed by atoms with E-state index in [1.165, 1.54) is 19.3 Å². The Morgan fingerprint density at radius 2 is 2.15 bits per heavy atom. The van der Waals surface area contributed by atoms with E-state index in [0.29, 0.717) is 5.96 Å². The average Bonchev–Trinajstić information content (AvgIpc) is 2.42. The van der Waals surface area contributed by atoms with Crippen molar-refractivity contribution in [3.8, 4) is 0 Å². The molecule has 5 heteroatoms. The Morgan fingerprint density at radius 1 is 1.30 bits per heavy atom. The standard InChI is InChI=1S/C15H25N5/c16-15(20-12-13-6-5-7-13)19-11-4-3-10-18-14-8-1-2-9-17-14/h1-2,8-9,13H,3-7,10-12H2,(H,17,18)(H3,16,19,20). The summed E-state index contributed by atoms with van der Waals surface area (Å²) in [5.41, 5.74) is 5.82. The maximum absolute atomic E-state index is 5.82. The summed E-state index contributed by atoms with van der Waals surface area (Å²) in [6, 6.07) is 5.88. The Kier molecular flexibility index (Phi) is 6.14. The second-order valence-electron chi connectivity index (χ2n) is 5.30. The monoisotopic (exact) mass is 275 g/mol. The Balaban J connectivity index is 1.46. The largest absolute Gasteiger partial charge is 0.370 e. The van der Waals surface area contributed by atoms with Crippen molar-refractivity contribution in [3.63, 3.8) is 0 Å². The quantitative estimate of drug-likeness (QED) is 0.385. The highest BCUT2D eigenvalue weighted by molar-refractivity contribution is 5.77. The number of nitrogens with one attached hydrogen (secondary N) is 2. The third-order valence-corrected chi connectivity index (χ3v) is 3.63. The number of guanidine groups is 1. The van der Waals surface area contributed by atoms with E-state index in [1.54, 1.807) is 6.20 Å². The lowest BCUT2D eigenvalue weighted by Gasteiger charge is -2.23. The molecule has 5 nitrogen and oxygen atoms in total. The fourth-order valence-electron chi connectivity index (χ4n) is 2.11. The van der Waals surface area contributed by atoms with Crippen molar-refractivity contribution in [2.24, 2.45) is 16.6 Å². The fraction of sp³-hybridized carbons (Fsp3) is 0.600. The van der Waals surface area contributed by atoms with Gasteiger partial charge in [0.15, 0.2) is 5.96 Å².